The van der Waals surface area contributed by atoms with Crippen LogP contribution in [0, 0.1) is 5.41 Å². The minimum absolute atomic E-state index is 0.130. The number of carbonyl (C=O) groups is 1. The fourth-order valence-electron chi connectivity index (χ4n) is 0.867. The van der Waals surface area contributed by atoms with Crippen molar-refractivity contribution in [2.24, 2.45) is 5.41 Å². The summed E-state index contributed by atoms with van der Waals surface area (Å²) in [5.41, 5.74) is -2.27. The molecule has 0 N–H and O–H groups in total. The molecule has 64 valence electrons. The van der Waals surface area contributed by atoms with Crippen molar-refractivity contribution in [3.05, 3.63) is 0 Å². The number of hydrogen-bond acceptors (Lipinski definition) is 2. The summed E-state index contributed by atoms with van der Waals surface area (Å²) < 4.78 is 40.5. The van der Waals surface area contributed by atoms with Crippen LogP contribution in [0.25, 0.3) is 0 Å². The topological polar surface area (TPSA) is 26.3 Å². The lowest BCUT2D eigenvalue weighted by atomic mass is 9.89. The maximum atomic E-state index is 12.1. The molecule has 1 heterocycles. The normalized spacial score (nSPS) is 32.2. The van der Waals surface area contributed by atoms with Crippen LogP contribution in [0.3, 0.4) is 0 Å². The third-order valence-corrected chi connectivity index (χ3v) is 1.91. The molecule has 0 bridgehead atoms. The van der Waals surface area contributed by atoms with Crippen LogP contribution in [0.4, 0.5) is 13.2 Å². The van der Waals surface area contributed by atoms with Crippen LogP contribution < -0.4 is 0 Å². The van der Waals surface area contributed by atoms with Crippen LogP contribution in [0.5, 0.6) is 0 Å². The molecule has 0 saturated carbocycles. The van der Waals surface area contributed by atoms with Gasteiger partial charge < -0.3 is 4.74 Å². The van der Waals surface area contributed by atoms with Crippen molar-refractivity contribution in [2.45, 2.75) is 19.5 Å². The lowest BCUT2D eigenvalue weighted by Crippen LogP contribution is -2.38. The summed E-state index contributed by atoms with van der Waals surface area (Å²) in [6, 6.07) is 0. The van der Waals surface area contributed by atoms with E-state index in [1.807, 2.05) is 0 Å². The summed E-state index contributed by atoms with van der Waals surface area (Å²) in [6.07, 6.45) is -4.75. The van der Waals surface area contributed by atoms with Crippen LogP contribution in [0.15, 0.2) is 0 Å². The molecule has 1 rings (SSSR count). The number of carbonyl (C=O) groups excluding carboxylic acids is 1. The van der Waals surface area contributed by atoms with Crippen LogP contribution in [0.1, 0.15) is 13.3 Å². The van der Waals surface area contributed by atoms with Gasteiger partial charge in [-0.3, -0.25) is 4.79 Å². The molecule has 0 aliphatic carbocycles. The highest BCUT2D eigenvalue weighted by atomic mass is 19.4. The van der Waals surface area contributed by atoms with Gasteiger partial charge in [0.15, 0.2) is 5.41 Å². The Balaban J connectivity index is 2.90. The van der Waals surface area contributed by atoms with Crippen LogP contribution >= 0.6 is 0 Å². The summed E-state index contributed by atoms with van der Waals surface area (Å²) in [6.45, 7) is 0.733. The lowest BCUT2D eigenvalue weighted by molar-refractivity contribution is -0.216. The summed E-state index contributed by atoms with van der Waals surface area (Å²) in [5.74, 6) is -1.16. The Morgan fingerprint density at radius 1 is 1.55 bits per heavy atom. The van der Waals surface area contributed by atoms with Crippen molar-refractivity contribution >= 4 is 5.97 Å². The van der Waals surface area contributed by atoms with Gasteiger partial charge in [0.05, 0.1) is 6.61 Å². The Kier molecular flexibility index (Phi) is 1.61. The van der Waals surface area contributed by atoms with E-state index in [2.05, 4.69) is 4.74 Å². The predicted molar refractivity (Wildman–Crippen MR) is 29.7 cm³/mol. The monoisotopic (exact) mass is 168 g/mol. The number of esters is 1. The molecule has 0 spiro atoms. The van der Waals surface area contributed by atoms with Crippen LogP contribution in [-0.2, 0) is 9.53 Å². The molecule has 5 heteroatoms. The minimum Gasteiger partial charge on any atom is -0.465 e. The number of rotatable bonds is 0. The first kappa shape index (κ1) is 8.36. The highest BCUT2D eigenvalue weighted by Crippen LogP contribution is 2.44. The van der Waals surface area contributed by atoms with Crippen LogP contribution in [-0.4, -0.2) is 18.8 Å². The molecule has 1 aliphatic rings. The van der Waals surface area contributed by atoms with Gasteiger partial charge in [-0.25, -0.2) is 0 Å². The van der Waals surface area contributed by atoms with E-state index in [-0.39, 0.29) is 13.0 Å². The standard InChI is InChI=1S/C6H7F3O2/c1-5(6(7,8)9)2-3-11-4(5)10/h2-3H2,1H3. The first-order chi connectivity index (χ1) is 4.88. The average molecular weight is 168 g/mol. The molecule has 0 radical (unpaired) electrons. The second-order valence-electron chi connectivity index (χ2n) is 2.72. The summed E-state index contributed by atoms with van der Waals surface area (Å²) in [5, 5.41) is 0. The van der Waals surface area contributed by atoms with Crippen LogP contribution in [0.2, 0.25) is 0 Å². The molecular weight excluding hydrogens is 161 g/mol. The minimum atomic E-state index is -4.49. The Morgan fingerprint density at radius 3 is 2.27 bits per heavy atom. The number of hydrogen-bond donors (Lipinski definition) is 0. The zero-order valence-corrected chi connectivity index (χ0v) is 5.86. The second-order valence-corrected chi connectivity index (χ2v) is 2.72. The van der Waals surface area contributed by atoms with Crippen molar-refractivity contribution in [3.63, 3.8) is 0 Å². The van der Waals surface area contributed by atoms with Crippen molar-refractivity contribution in [2.75, 3.05) is 6.61 Å². The summed E-state index contributed by atoms with van der Waals surface area (Å²) in [4.78, 5) is 10.6. The van der Waals surface area contributed by atoms with E-state index in [9.17, 15) is 18.0 Å². The molecule has 1 unspecified atom stereocenters. The van der Waals surface area contributed by atoms with E-state index in [4.69, 9.17) is 0 Å². The van der Waals surface area contributed by atoms with Crippen molar-refractivity contribution in [1.82, 2.24) is 0 Å². The lowest BCUT2D eigenvalue weighted by Gasteiger charge is -2.21. The predicted octanol–water partition coefficient (Wildman–Crippen LogP) is 1.50. The molecule has 0 aromatic rings. The molecule has 0 aromatic carbocycles. The third kappa shape index (κ3) is 1.08. The summed E-state index contributed by atoms with van der Waals surface area (Å²) in [7, 11) is 0. The molecule has 0 amide bonds. The van der Waals surface area contributed by atoms with Gasteiger partial charge in [-0.2, -0.15) is 13.2 Å². The van der Waals surface area contributed by atoms with E-state index in [0.717, 1.165) is 6.92 Å². The quantitative estimate of drug-likeness (QED) is 0.512. The first-order valence-electron chi connectivity index (χ1n) is 3.12. The van der Waals surface area contributed by atoms with Crippen molar-refractivity contribution < 1.29 is 22.7 Å². The van der Waals surface area contributed by atoms with Gasteiger partial charge >= 0.3 is 12.1 Å². The van der Waals surface area contributed by atoms with Gasteiger partial charge in [-0.15, -0.1) is 0 Å². The molecule has 0 aromatic heterocycles. The number of halogens is 3. The smallest absolute Gasteiger partial charge is 0.404 e. The maximum absolute atomic E-state index is 12.1. The van der Waals surface area contributed by atoms with Gasteiger partial charge in [0.2, 0.25) is 0 Å². The Hall–Kier alpha value is -0.740. The molecule has 1 aliphatic heterocycles. The Labute approximate surface area is 61.3 Å². The summed E-state index contributed by atoms with van der Waals surface area (Å²) >= 11 is 0. The van der Waals surface area contributed by atoms with E-state index in [0.29, 0.717) is 0 Å². The SMILES string of the molecule is CC1(C(F)(F)F)CCOC1=O. The highest BCUT2D eigenvalue weighted by molar-refractivity contribution is 5.79. The number of alkyl halides is 3. The van der Waals surface area contributed by atoms with Gasteiger partial charge in [0, 0.05) is 6.42 Å². The Bertz CT molecular complexity index is 187. The molecular formula is C6H7F3O2. The van der Waals surface area contributed by atoms with Crippen molar-refractivity contribution in [3.8, 4) is 0 Å². The van der Waals surface area contributed by atoms with E-state index in [1.54, 1.807) is 0 Å². The van der Waals surface area contributed by atoms with Crippen molar-refractivity contribution in [1.29, 1.82) is 0 Å². The van der Waals surface area contributed by atoms with Gasteiger partial charge in [-0.1, -0.05) is 0 Å². The highest BCUT2D eigenvalue weighted by Gasteiger charge is 2.60. The van der Waals surface area contributed by atoms with Gasteiger partial charge in [-0.05, 0) is 6.92 Å². The molecule has 2 nitrogen and oxygen atoms in total. The maximum Gasteiger partial charge on any atom is 0.404 e. The third-order valence-electron chi connectivity index (χ3n) is 1.91. The van der Waals surface area contributed by atoms with Gasteiger partial charge in [0.1, 0.15) is 0 Å². The molecule has 11 heavy (non-hydrogen) atoms. The average Bonchev–Trinajstić information content (AvgIpc) is 2.12. The molecule has 1 atom stereocenters. The Morgan fingerprint density at radius 2 is 2.09 bits per heavy atom. The zero-order valence-electron chi connectivity index (χ0n) is 5.86. The molecule has 1 fully saturated rings. The van der Waals surface area contributed by atoms with E-state index in [1.165, 1.54) is 0 Å². The number of ether oxygens (including phenoxy) is 1. The first-order valence-corrected chi connectivity index (χ1v) is 3.12. The van der Waals surface area contributed by atoms with E-state index < -0.39 is 17.6 Å². The largest absolute Gasteiger partial charge is 0.465 e. The fraction of sp³-hybridized carbons (Fsp3) is 0.833. The van der Waals surface area contributed by atoms with Gasteiger partial charge in [0.25, 0.3) is 0 Å². The zero-order chi connectivity index (χ0) is 8.70. The van der Waals surface area contributed by atoms with E-state index >= 15 is 0 Å². The second kappa shape index (κ2) is 2.12. The fourth-order valence-corrected chi connectivity index (χ4v) is 0.867. The number of cyclic esters (lactones) is 1. The molecule has 1 saturated heterocycles.